The SMILES string of the molecule is CC1CCC(NC(=O)Nc2ccc(N3CCOCC3)c(F)c2)CC1. The van der Waals surface area contributed by atoms with Crippen LogP contribution in [0.5, 0.6) is 0 Å². The van der Waals surface area contributed by atoms with E-state index in [1.54, 1.807) is 12.1 Å². The molecule has 0 radical (unpaired) electrons. The van der Waals surface area contributed by atoms with E-state index in [9.17, 15) is 9.18 Å². The Morgan fingerprint density at radius 2 is 1.92 bits per heavy atom. The molecule has 1 aromatic carbocycles. The summed E-state index contributed by atoms with van der Waals surface area (Å²) in [5.41, 5.74) is 1.04. The van der Waals surface area contributed by atoms with Gasteiger partial charge in [0.1, 0.15) is 5.82 Å². The highest BCUT2D eigenvalue weighted by molar-refractivity contribution is 5.89. The van der Waals surface area contributed by atoms with Gasteiger partial charge in [-0.2, -0.15) is 0 Å². The number of hydrogen-bond donors (Lipinski definition) is 2. The van der Waals surface area contributed by atoms with E-state index in [0.717, 1.165) is 31.6 Å². The van der Waals surface area contributed by atoms with Gasteiger partial charge in [-0.15, -0.1) is 0 Å². The van der Waals surface area contributed by atoms with Crippen molar-refractivity contribution in [2.24, 2.45) is 5.92 Å². The summed E-state index contributed by atoms with van der Waals surface area (Å²) < 4.78 is 19.6. The predicted octanol–water partition coefficient (Wildman–Crippen LogP) is 3.36. The number of carbonyl (C=O) groups excluding carboxylic acids is 1. The third kappa shape index (κ3) is 4.38. The third-order valence-electron chi connectivity index (χ3n) is 4.91. The van der Waals surface area contributed by atoms with Crippen molar-refractivity contribution in [2.45, 2.75) is 38.6 Å². The van der Waals surface area contributed by atoms with Gasteiger partial charge in [-0.25, -0.2) is 9.18 Å². The highest BCUT2D eigenvalue weighted by Crippen LogP contribution is 2.25. The molecule has 0 spiro atoms. The average Bonchev–Trinajstić information content (AvgIpc) is 2.58. The van der Waals surface area contributed by atoms with Crippen molar-refractivity contribution in [3.05, 3.63) is 24.0 Å². The van der Waals surface area contributed by atoms with Crippen molar-refractivity contribution in [1.29, 1.82) is 0 Å². The van der Waals surface area contributed by atoms with E-state index in [-0.39, 0.29) is 17.9 Å². The Morgan fingerprint density at radius 3 is 2.58 bits per heavy atom. The number of anilines is 2. The van der Waals surface area contributed by atoms with Crippen LogP contribution in [0.2, 0.25) is 0 Å². The lowest BCUT2D eigenvalue weighted by atomic mass is 9.87. The monoisotopic (exact) mass is 335 g/mol. The molecule has 1 aliphatic heterocycles. The van der Waals surface area contributed by atoms with Gasteiger partial charge in [0, 0.05) is 24.8 Å². The first kappa shape index (κ1) is 17.0. The molecule has 2 fully saturated rings. The maximum absolute atomic E-state index is 14.3. The normalized spacial score (nSPS) is 24.5. The zero-order valence-corrected chi connectivity index (χ0v) is 14.2. The number of nitrogens with one attached hydrogen (secondary N) is 2. The second kappa shape index (κ2) is 7.83. The largest absolute Gasteiger partial charge is 0.378 e. The number of nitrogens with zero attached hydrogens (tertiary/aromatic N) is 1. The summed E-state index contributed by atoms with van der Waals surface area (Å²) in [4.78, 5) is 14.1. The molecule has 3 rings (SSSR count). The van der Waals surface area contributed by atoms with Gasteiger partial charge in [0.15, 0.2) is 0 Å². The predicted molar refractivity (Wildman–Crippen MR) is 93.0 cm³/mol. The molecule has 1 saturated carbocycles. The average molecular weight is 335 g/mol. The minimum atomic E-state index is -0.318. The van der Waals surface area contributed by atoms with E-state index >= 15 is 0 Å². The number of rotatable bonds is 3. The zero-order chi connectivity index (χ0) is 16.9. The molecular formula is C18H26FN3O2. The fourth-order valence-electron chi connectivity index (χ4n) is 3.40. The van der Waals surface area contributed by atoms with Crippen molar-refractivity contribution >= 4 is 17.4 Å². The molecule has 2 aliphatic rings. The molecule has 0 aromatic heterocycles. The summed E-state index contributed by atoms with van der Waals surface area (Å²) in [5.74, 6) is 0.425. The lowest BCUT2D eigenvalue weighted by Gasteiger charge is -2.29. The molecular weight excluding hydrogens is 309 g/mol. The van der Waals surface area contributed by atoms with Crippen molar-refractivity contribution in [3.8, 4) is 0 Å². The lowest BCUT2D eigenvalue weighted by molar-refractivity contribution is 0.122. The van der Waals surface area contributed by atoms with Gasteiger partial charge in [0.25, 0.3) is 0 Å². The minimum absolute atomic E-state index is 0.221. The van der Waals surface area contributed by atoms with Gasteiger partial charge >= 0.3 is 6.03 Å². The summed E-state index contributed by atoms with van der Waals surface area (Å²) in [6, 6.07) is 4.81. The summed E-state index contributed by atoms with van der Waals surface area (Å²) in [6.07, 6.45) is 4.32. The first-order chi connectivity index (χ1) is 11.6. The van der Waals surface area contributed by atoms with Gasteiger partial charge < -0.3 is 20.3 Å². The third-order valence-corrected chi connectivity index (χ3v) is 4.91. The van der Waals surface area contributed by atoms with E-state index in [2.05, 4.69) is 17.6 Å². The standard InChI is InChI=1S/C18H26FN3O2/c1-13-2-4-14(5-3-13)20-18(23)21-15-6-7-17(16(19)12-15)22-8-10-24-11-9-22/h6-7,12-14H,2-5,8-11H2,1H3,(H2,20,21,23). The first-order valence-electron chi connectivity index (χ1n) is 8.81. The molecule has 0 unspecified atom stereocenters. The second-order valence-corrected chi connectivity index (χ2v) is 6.82. The molecule has 6 heteroatoms. The summed E-state index contributed by atoms with van der Waals surface area (Å²) in [7, 11) is 0. The number of carbonyl (C=O) groups is 1. The molecule has 0 atom stereocenters. The van der Waals surface area contributed by atoms with Crippen molar-refractivity contribution in [3.63, 3.8) is 0 Å². The highest BCUT2D eigenvalue weighted by Gasteiger charge is 2.20. The quantitative estimate of drug-likeness (QED) is 0.890. The number of hydrogen-bond acceptors (Lipinski definition) is 3. The van der Waals surface area contributed by atoms with Crippen LogP contribution in [0.1, 0.15) is 32.6 Å². The number of morpholine rings is 1. The Hall–Kier alpha value is -1.82. The van der Waals surface area contributed by atoms with E-state index in [1.165, 1.54) is 6.07 Å². The molecule has 132 valence electrons. The van der Waals surface area contributed by atoms with Crippen molar-refractivity contribution in [2.75, 3.05) is 36.5 Å². The maximum Gasteiger partial charge on any atom is 0.319 e. The Bertz CT molecular complexity index is 567. The van der Waals surface area contributed by atoms with Gasteiger partial charge in [0.05, 0.1) is 18.9 Å². The topological polar surface area (TPSA) is 53.6 Å². The van der Waals surface area contributed by atoms with Gasteiger partial charge in [-0.1, -0.05) is 6.92 Å². The van der Waals surface area contributed by atoms with Crippen LogP contribution in [0, 0.1) is 11.7 Å². The Labute approximate surface area is 142 Å². The fourth-order valence-corrected chi connectivity index (χ4v) is 3.40. The molecule has 0 bridgehead atoms. The smallest absolute Gasteiger partial charge is 0.319 e. The van der Waals surface area contributed by atoms with Gasteiger partial charge in [0.2, 0.25) is 0 Å². The van der Waals surface area contributed by atoms with Crippen LogP contribution in [0.15, 0.2) is 18.2 Å². The van der Waals surface area contributed by atoms with E-state index in [1.807, 2.05) is 4.90 Å². The van der Waals surface area contributed by atoms with Crippen molar-refractivity contribution in [1.82, 2.24) is 5.32 Å². The highest BCUT2D eigenvalue weighted by atomic mass is 19.1. The number of ether oxygens (including phenoxy) is 1. The number of urea groups is 1. The lowest BCUT2D eigenvalue weighted by Crippen LogP contribution is -2.40. The number of benzene rings is 1. The minimum Gasteiger partial charge on any atom is -0.378 e. The van der Waals surface area contributed by atoms with Crippen molar-refractivity contribution < 1.29 is 13.9 Å². The van der Waals surface area contributed by atoms with E-state index in [4.69, 9.17) is 4.74 Å². The van der Waals surface area contributed by atoms with Crippen LogP contribution in [-0.2, 0) is 4.74 Å². The number of halogens is 1. The van der Waals surface area contributed by atoms with Gasteiger partial charge in [-0.05, 0) is 49.8 Å². The van der Waals surface area contributed by atoms with Gasteiger partial charge in [-0.3, -0.25) is 0 Å². The molecule has 1 aromatic rings. The zero-order valence-electron chi connectivity index (χ0n) is 14.2. The number of amides is 2. The Morgan fingerprint density at radius 1 is 1.21 bits per heavy atom. The maximum atomic E-state index is 14.3. The molecule has 2 N–H and O–H groups in total. The van der Waals surface area contributed by atoms with Crippen LogP contribution in [0.3, 0.4) is 0 Å². The molecule has 2 amide bonds. The van der Waals surface area contributed by atoms with Crippen LogP contribution in [0.4, 0.5) is 20.6 Å². The van der Waals surface area contributed by atoms with Crippen LogP contribution < -0.4 is 15.5 Å². The van der Waals surface area contributed by atoms with Crippen LogP contribution >= 0.6 is 0 Å². The second-order valence-electron chi connectivity index (χ2n) is 6.82. The van der Waals surface area contributed by atoms with Crippen LogP contribution in [-0.4, -0.2) is 38.4 Å². The summed E-state index contributed by atoms with van der Waals surface area (Å²) >= 11 is 0. The molecule has 1 heterocycles. The fraction of sp³-hybridized carbons (Fsp3) is 0.611. The summed E-state index contributed by atoms with van der Waals surface area (Å²) in [5, 5.41) is 5.72. The van der Waals surface area contributed by atoms with Crippen LogP contribution in [0.25, 0.3) is 0 Å². The summed E-state index contributed by atoms with van der Waals surface area (Å²) in [6.45, 7) is 4.84. The molecule has 5 nitrogen and oxygen atoms in total. The molecule has 1 aliphatic carbocycles. The molecule has 1 saturated heterocycles. The van der Waals surface area contributed by atoms with E-state index < -0.39 is 0 Å². The van der Waals surface area contributed by atoms with E-state index in [0.29, 0.717) is 37.7 Å². The first-order valence-corrected chi connectivity index (χ1v) is 8.81. The Balaban J connectivity index is 1.55. The Kier molecular flexibility index (Phi) is 5.56. The molecule has 24 heavy (non-hydrogen) atoms.